The maximum Gasteiger partial charge on any atom is 0.307 e. The van der Waals surface area contributed by atoms with E-state index in [-0.39, 0.29) is 18.4 Å². The van der Waals surface area contributed by atoms with Crippen molar-refractivity contribution in [2.45, 2.75) is 26.3 Å². The summed E-state index contributed by atoms with van der Waals surface area (Å²) in [4.78, 5) is 19.4. The lowest BCUT2D eigenvalue weighted by molar-refractivity contribution is -0.143. The zero-order chi connectivity index (χ0) is 12.7. The molecule has 1 unspecified atom stereocenters. The van der Waals surface area contributed by atoms with Crippen LogP contribution in [0.3, 0.4) is 0 Å². The van der Waals surface area contributed by atoms with Gasteiger partial charge in [-0.25, -0.2) is 4.98 Å². The number of carbonyl (C=O) groups is 1. The molecule has 6 heteroatoms. The summed E-state index contributed by atoms with van der Waals surface area (Å²) >= 11 is 0. The van der Waals surface area contributed by atoms with E-state index in [0.717, 1.165) is 0 Å². The summed E-state index contributed by atoms with van der Waals surface area (Å²) < 4.78 is 9.82. The van der Waals surface area contributed by atoms with Crippen molar-refractivity contribution in [1.29, 1.82) is 0 Å². The van der Waals surface area contributed by atoms with Crippen molar-refractivity contribution in [3.63, 3.8) is 0 Å². The summed E-state index contributed by atoms with van der Waals surface area (Å²) in [5.74, 6) is 0.669. The van der Waals surface area contributed by atoms with Crippen LogP contribution in [-0.2, 0) is 9.53 Å². The Kier molecular flexibility index (Phi) is 5.19. The Hall–Kier alpha value is -1.85. The Balaban J connectivity index is 2.49. The maximum absolute atomic E-state index is 11.2. The van der Waals surface area contributed by atoms with E-state index in [9.17, 15) is 4.79 Å². The molecule has 0 saturated carbocycles. The van der Waals surface area contributed by atoms with Crippen LogP contribution in [0.1, 0.15) is 20.3 Å². The van der Waals surface area contributed by atoms with Crippen LogP contribution in [0.25, 0.3) is 0 Å². The summed E-state index contributed by atoms with van der Waals surface area (Å²) in [5, 5.41) is 3.00. The second-order valence-corrected chi connectivity index (χ2v) is 3.48. The van der Waals surface area contributed by atoms with E-state index in [1.807, 2.05) is 6.92 Å². The van der Waals surface area contributed by atoms with Crippen molar-refractivity contribution in [3.05, 3.63) is 12.3 Å². The van der Waals surface area contributed by atoms with Gasteiger partial charge in [0.2, 0.25) is 11.8 Å². The molecule has 0 aliphatic carbocycles. The van der Waals surface area contributed by atoms with Crippen molar-refractivity contribution < 1.29 is 14.3 Å². The van der Waals surface area contributed by atoms with Gasteiger partial charge in [0.15, 0.2) is 0 Å². The van der Waals surface area contributed by atoms with Gasteiger partial charge in [0.1, 0.15) is 0 Å². The number of carbonyl (C=O) groups excluding carboxylic acids is 1. The van der Waals surface area contributed by atoms with Gasteiger partial charge >= 0.3 is 5.97 Å². The fourth-order valence-corrected chi connectivity index (χ4v) is 1.27. The maximum atomic E-state index is 11.2. The number of ether oxygens (including phenoxy) is 2. The van der Waals surface area contributed by atoms with Gasteiger partial charge in [0, 0.05) is 18.3 Å². The van der Waals surface area contributed by atoms with E-state index in [4.69, 9.17) is 9.47 Å². The smallest absolute Gasteiger partial charge is 0.307 e. The number of aromatic nitrogens is 2. The first-order chi connectivity index (χ1) is 8.15. The molecule has 0 radical (unpaired) electrons. The summed E-state index contributed by atoms with van der Waals surface area (Å²) in [6.07, 6.45) is 1.86. The lowest BCUT2D eigenvalue weighted by Gasteiger charge is -2.12. The highest BCUT2D eigenvalue weighted by Crippen LogP contribution is 2.09. The number of anilines is 1. The second-order valence-electron chi connectivity index (χ2n) is 3.48. The average Bonchev–Trinajstić information content (AvgIpc) is 2.29. The largest absolute Gasteiger partial charge is 0.481 e. The summed E-state index contributed by atoms with van der Waals surface area (Å²) in [6, 6.07) is 1.56. The molecule has 1 heterocycles. The molecule has 1 rings (SSSR count). The topological polar surface area (TPSA) is 73.3 Å². The molecule has 0 aromatic carbocycles. The number of methoxy groups -OCH3 is 1. The zero-order valence-corrected chi connectivity index (χ0v) is 10.3. The molecule has 1 N–H and O–H groups in total. The molecule has 0 spiro atoms. The molecule has 1 aromatic heterocycles. The van der Waals surface area contributed by atoms with Gasteiger partial charge in [-0.05, 0) is 13.8 Å². The van der Waals surface area contributed by atoms with Crippen molar-refractivity contribution in [3.8, 4) is 5.88 Å². The van der Waals surface area contributed by atoms with Gasteiger partial charge < -0.3 is 14.8 Å². The summed E-state index contributed by atoms with van der Waals surface area (Å²) in [7, 11) is 1.54. The predicted molar refractivity (Wildman–Crippen MR) is 62.9 cm³/mol. The van der Waals surface area contributed by atoms with E-state index in [0.29, 0.717) is 18.4 Å². The molecule has 0 amide bonds. The fourth-order valence-electron chi connectivity index (χ4n) is 1.27. The molecule has 17 heavy (non-hydrogen) atoms. The third-order valence-electron chi connectivity index (χ3n) is 1.99. The van der Waals surface area contributed by atoms with Crippen LogP contribution in [0, 0.1) is 0 Å². The minimum absolute atomic E-state index is 0.0962. The molecule has 0 fully saturated rings. The van der Waals surface area contributed by atoms with Crippen LogP contribution in [0.15, 0.2) is 12.3 Å². The first-order valence-corrected chi connectivity index (χ1v) is 5.45. The molecule has 1 aromatic rings. The molecule has 6 nitrogen and oxygen atoms in total. The van der Waals surface area contributed by atoms with Crippen LogP contribution in [0.2, 0.25) is 0 Å². The molecular formula is C11H17N3O3. The van der Waals surface area contributed by atoms with Gasteiger partial charge in [0.05, 0.1) is 20.1 Å². The van der Waals surface area contributed by atoms with E-state index >= 15 is 0 Å². The molecule has 0 aliphatic rings. The third-order valence-corrected chi connectivity index (χ3v) is 1.99. The number of hydrogen-bond acceptors (Lipinski definition) is 6. The van der Waals surface area contributed by atoms with Crippen molar-refractivity contribution in [1.82, 2.24) is 9.97 Å². The fraction of sp³-hybridized carbons (Fsp3) is 0.545. The summed E-state index contributed by atoms with van der Waals surface area (Å²) in [5.41, 5.74) is 0. The number of rotatable bonds is 6. The Morgan fingerprint density at radius 1 is 1.59 bits per heavy atom. The molecule has 0 saturated heterocycles. The SMILES string of the molecule is CCOC(=O)CC(C)Nc1nccc(OC)n1. The highest BCUT2D eigenvalue weighted by Gasteiger charge is 2.11. The van der Waals surface area contributed by atoms with Crippen LogP contribution in [0.4, 0.5) is 5.95 Å². The number of hydrogen-bond donors (Lipinski definition) is 1. The zero-order valence-electron chi connectivity index (χ0n) is 10.3. The minimum Gasteiger partial charge on any atom is -0.481 e. The van der Waals surface area contributed by atoms with E-state index in [1.54, 1.807) is 19.2 Å². The molecule has 1 atom stereocenters. The van der Waals surface area contributed by atoms with E-state index in [1.165, 1.54) is 7.11 Å². The normalized spacial score (nSPS) is 11.7. The Morgan fingerprint density at radius 2 is 2.35 bits per heavy atom. The second kappa shape index (κ2) is 6.67. The van der Waals surface area contributed by atoms with Crippen molar-refractivity contribution in [2.75, 3.05) is 19.0 Å². The van der Waals surface area contributed by atoms with Gasteiger partial charge in [0.25, 0.3) is 0 Å². The highest BCUT2D eigenvalue weighted by atomic mass is 16.5. The predicted octanol–water partition coefficient (Wildman–Crippen LogP) is 1.24. The highest BCUT2D eigenvalue weighted by molar-refractivity contribution is 5.70. The quantitative estimate of drug-likeness (QED) is 0.753. The van der Waals surface area contributed by atoms with Crippen LogP contribution in [0.5, 0.6) is 5.88 Å². The number of nitrogens with one attached hydrogen (secondary N) is 1. The Bertz CT molecular complexity index is 371. The molecule has 0 bridgehead atoms. The van der Waals surface area contributed by atoms with Gasteiger partial charge in [-0.2, -0.15) is 4.98 Å². The molecular weight excluding hydrogens is 222 g/mol. The van der Waals surface area contributed by atoms with Gasteiger partial charge in [-0.1, -0.05) is 0 Å². The lowest BCUT2D eigenvalue weighted by Crippen LogP contribution is -2.22. The minimum atomic E-state index is -0.240. The standard InChI is InChI=1S/C11H17N3O3/c1-4-17-10(15)7-8(2)13-11-12-6-5-9(14-11)16-3/h5-6,8H,4,7H2,1-3H3,(H,12,13,14). The third kappa shape index (κ3) is 4.67. The van der Waals surface area contributed by atoms with Crippen LogP contribution in [-0.4, -0.2) is 35.7 Å². The molecule has 94 valence electrons. The number of nitrogens with zero attached hydrogens (tertiary/aromatic N) is 2. The first kappa shape index (κ1) is 13.2. The van der Waals surface area contributed by atoms with Crippen LogP contribution < -0.4 is 10.1 Å². The lowest BCUT2D eigenvalue weighted by atomic mass is 10.2. The Labute approximate surface area is 100 Å². The van der Waals surface area contributed by atoms with E-state index < -0.39 is 0 Å². The average molecular weight is 239 g/mol. The summed E-state index contributed by atoms with van der Waals surface area (Å²) in [6.45, 7) is 4.03. The van der Waals surface area contributed by atoms with Gasteiger partial charge in [-0.3, -0.25) is 4.79 Å². The Morgan fingerprint density at radius 3 is 3.00 bits per heavy atom. The number of esters is 1. The molecule has 0 aliphatic heterocycles. The van der Waals surface area contributed by atoms with Crippen molar-refractivity contribution in [2.24, 2.45) is 0 Å². The van der Waals surface area contributed by atoms with E-state index in [2.05, 4.69) is 15.3 Å². The first-order valence-electron chi connectivity index (χ1n) is 5.45. The van der Waals surface area contributed by atoms with Crippen molar-refractivity contribution >= 4 is 11.9 Å². The van der Waals surface area contributed by atoms with Crippen LogP contribution >= 0.6 is 0 Å². The van der Waals surface area contributed by atoms with Gasteiger partial charge in [-0.15, -0.1) is 0 Å². The monoisotopic (exact) mass is 239 g/mol.